The standard InChI is InChI=1S/C22H30O5/c1-13-10-22-11-14(13)6-7-15(22)21(12-23)9-5-8-20(2,19(25)27-4)17(21)16(22)18(24)26-3/h12,14-17H,1,5-11H2,2-4H3/t14?,15-,16+,17+,20+,21+,22-/m0/s1. The quantitative estimate of drug-likeness (QED) is 0.431. The molecule has 0 aliphatic heterocycles. The minimum atomic E-state index is -0.849. The first-order chi connectivity index (χ1) is 12.8. The maximum absolute atomic E-state index is 13.2. The van der Waals surface area contributed by atoms with Gasteiger partial charge in [0.25, 0.3) is 0 Å². The zero-order valence-corrected chi connectivity index (χ0v) is 16.6. The summed E-state index contributed by atoms with van der Waals surface area (Å²) in [4.78, 5) is 38.8. The monoisotopic (exact) mass is 374 g/mol. The maximum atomic E-state index is 13.2. The van der Waals surface area contributed by atoms with Gasteiger partial charge >= 0.3 is 11.9 Å². The van der Waals surface area contributed by atoms with Gasteiger partial charge in [0.2, 0.25) is 0 Å². The van der Waals surface area contributed by atoms with E-state index in [4.69, 9.17) is 9.47 Å². The lowest BCUT2D eigenvalue weighted by Crippen LogP contribution is -2.52. The molecule has 0 aromatic heterocycles. The highest BCUT2D eigenvalue weighted by molar-refractivity contribution is 5.84. The summed E-state index contributed by atoms with van der Waals surface area (Å²) in [6.45, 7) is 6.19. The van der Waals surface area contributed by atoms with E-state index in [-0.39, 0.29) is 29.2 Å². The fourth-order valence-electron chi connectivity index (χ4n) is 7.97. The first kappa shape index (κ1) is 18.7. The van der Waals surface area contributed by atoms with Crippen molar-refractivity contribution in [1.82, 2.24) is 0 Å². The van der Waals surface area contributed by atoms with E-state index in [0.717, 1.165) is 44.8 Å². The zero-order chi connectivity index (χ0) is 19.6. The smallest absolute Gasteiger partial charge is 0.311 e. The number of hydrogen-bond acceptors (Lipinski definition) is 5. The largest absolute Gasteiger partial charge is 0.469 e. The molecular weight excluding hydrogens is 344 g/mol. The van der Waals surface area contributed by atoms with Gasteiger partial charge in [-0.25, -0.2) is 0 Å². The molecule has 0 aromatic rings. The Kier molecular flexibility index (Phi) is 4.10. The highest BCUT2D eigenvalue weighted by Crippen LogP contribution is 2.77. The molecular formula is C22H30O5. The lowest BCUT2D eigenvalue weighted by molar-refractivity contribution is -0.171. The predicted molar refractivity (Wildman–Crippen MR) is 98.5 cm³/mol. The molecule has 4 aliphatic carbocycles. The van der Waals surface area contributed by atoms with Gasteiger partial charge in [-0.15, -0.1) is 0 Å². The molecule has 1 spiro atoms. The zero-order valence-electron chi connectivity index (χ0n) is 16.6. The molecule has 27 heavy (non-hydrogen) atoms. The second kappa shape index (κ2) is 5.92. The van der Waals surface area contributed by atoms with Gasteiger partial charge in [0.05, 0.1) is 25.6 Å². The van der Waals surface area contributed by atoms with Crippen molar-refractivity contribution in [1.29, 1.82) is 0 Å². The van der Waals surface area contributed by atoms with Crippen molar-refractivity contribution in [3.05, 3.63) is 12.2 Å². The van der Waals surface area contributed by atoms with Crippen LogP contribution in [-0.2, 0) is 23.9 Å². The molecule has 148 valence electrons. The van der Waals surface area contributed by atoms with Crippen molar-refractivity contribution < 1.29 is 23.9 Å². The first-order valence-electron chi connectivity index (χ1n) is 10.1. The van der Waals surface area contributed by atoms with Gasteiger partial charge in [0.15, 0.2) is 0 Å². The van der Waals surface area contributed by atoms with Crippen LogP contribution in [0.3, 0.4) is 0 Å². The van der Waals surface area contributed by atoms with Gasteiger partial charge in [-0.05, 0) is 62.7 Å². The molecule has 4 fully saturated rings. The van der Waals surface area contributed by atoms with Crippen molar-refractivity contribution >= 4 is 18.2 Å². The molecule has 0 N–H and O–H groups in total. The molecule has 0 heterocycles. The van der Waals surface area contributed by atoms with Crippen molar-refractivity contribution in [2.45, 2.75) is 51.9 Å². The third-order valence-corrected chi connectivity index (χ3v) is 8.76. The normalized spacial score (nSPS) is 47.7. The van der Waals surface area contributed by atoms with Crippen LogP contribution in [-0.4, -0.2) is 32.4 Å². The summed E-state index contributed by atoms with van der Waals surface area (Å²) in [7, 11) is 2.81. The Labute approximate surface area is 160 Å². The van der Waals surface area contributed by atoms with E-state index in [2.05, 4.69) is 6.58 Å². The highest BCUT2D eigenvalue weighted by Gasteiger charge is 2.76. The highest BCUT2D eigenvalue weighted by atomic mass is 16.5. The lowest BCUT2D eigenvalue weighted by atomic mass is 9.53. The molecule has 4 saturated carbocycles. The Morgan fingerprint density at radius 3 is 2.56 bits per heavy atom. The number of esters is 2. The van der Waals surface area contributed by atoms with E-state index in [0.29, 0.717) is 12.3 Å². The first-order valence-corrected chi connectivity index (χ1v) is 10.1. The van der Waals surface area contributed by atoms with Crippen LogP contribution in [0.25, 0.3) is 0 Å². The number of allylic oxidation sites excluding steroid dienone is 1. The summed E-state index contributed by atoms with van der Waals surface area (Å²) in [5.74, 6) is -0.884. The summed E-state index contributed by atoms with van der Waals surface area (Å²) in [5.41, 5.74) is -0.613. The molecule has 0 amide bonds. The number of fused-ring (bicyclic) bond motifs is 3. The Hall–Kier alpha value is -1.65. The molecule has 4 aliphatic rings. The minimum absolute atomic E-state index is 0.108. The lowest BCUT2D eigenvalue weighted by Gasteiger charge is -2.49. The van der Waals surface area contributed by atoms with Gasteiger partial charge in [0.1, 0.15) is 6.29 Å². The Balaban J connectivity index is 1.96. The topological polar surface area (TPSA) is 69.7 Å². The Bertz CT molecular complexity index is 713. The SMILES string of the molecule is C=C1C[C@]23CC1CC[C@H]2[C@]1(C=O)CCC[C@@](C)(C(=O)OC)[C@H]1[C@@H]3C(=O)OC. The van der Waals surface area contributed by atoms with E-state index >= 15 is 0 Å². The van der Waals surface area contributed by atoms with Crippen molar-refractivity contribution in [2.75, 3.05) is 14.2 Å². The van der Waals surface area contributed by atoms with Crippen molar-refractivity contribution in [3.8, 4) is 0 Å². The number of aldehydes is 1. The van der Waals surface area contributed by atoms with Gasteiger partial charge in [0, 0.05) is 11.3 Å². The van der Waals surface area contributed by atoms with Crippen molar-refractivity contribution in [2.24, 2.45) is 39.9 Å². The van der Waals surface area contributed by atoms with Gasteiger partial charge in [-0.2, -0.15) is 0 Å². The third-order valence-electron chi connectivity index (χ3n) is 8.76. The van der Waals surface area contributed by atoms with Crippen LogP contribution < -0.4 is 0 Å². The van der Waals surface area contributed by atoms with Gasteiger partial charge in [-0.3, -0.25) is 9.59 Å². The fourth-order valence-corrected chi connectivity index (χ4v) is 7.97. The number of carbonyl (C=O) groups excluding carboxylic acids is 3. The average molecular weight is 374 g/mol. The van der Waals surface area contributed by atoms with Crippen LogP contribution >= 0.6 is 0 Å². The summed E-state index contributed by atoms with van der Waals surface area (Å²) in [5, 5.41) is 0. The van der Waals surface area contributed by atoms with E-state index in [9.17, 15) is 14.4 Å². The number of carbonyl (C=O) groups is 3. The minimum Gasteiger partial charge on any atom is -0.469 e. The van der Waals surface area contributed by atoms with Crippen LogP contribution in [0.2, 0.25) is 0 Å². The molecule has 0 saturated heterocycles. The molecule has 0 aromatic carbocycles. The van der Waals surface area contributed by atoms with Gasteiger partial charge in [-0.1, -0.05) is 18.6 Å². The summed E-state index contributed by atoms with van der Waals surface area (Å²) < 4.78 is 10.5. The second-order valence-corrected chi connectivity index (χ2v) is 9.57. The third kappa shape index (κ3) is 2.09. The van der Waals surface area contributed by atoms with Crippen LogP contribution in [0.15, 0.2) is 12.2 Å². The molecule has 2 bridgehead atoms. The molecule has 7 atom stereocenters. The number of methoxy groups -OCH3 is 2. The maximum Gasteiger partial charge on any atom is 0.311 e. The average Bonchev–Trinajstić information content (AvgIpc) is 3.08. The van der Waals surface area contributed by atoms with Crippen LogP contribution in [0.1, 0.15) is 51.9 Å². The van der Waals surface area contributed by atoms with E-state index in [1.165, 1.54) is 19.8 Å². The molecule has 4 rings (SSSR count). The molecule has 1 unspecified atom stereocenters. The molecule has 5 heteroatoms. The fraction of sp³-hybridized carbons (Fsp3) is 0.773. The molecule has 5 nitrogen and oxygen atoms in total. The second-order valence-electron chi connectivity index (χ2n) is 9.57. The number of rotatable bonds is 3. The van der Waals surface area contributed by atoms with E-state index in [1.54, 1.807) is 0 Å². The van der Waals surface area contributed by atoms with Gasteiger partial charge < -0.3 is 14.3 Å². The number of ether oxygens (including phenoxy) is 2. The van der Waals surface area contributed by atoms with Crippen molar-refractivity contribution in [3.63, 3.8) is 0 Å². The van der Waals surface area contributed by atoms with Crippen LogP contribution in [0.4, 0.5) is 0 Å². The van der Waals surface area contributed by atoms with Crippen LogP contribution in [0, 0.1) is 39.9 Å². The number of hydrogen-bond donors (Lipinski definition) is 0. The molecule has 0 radical (unpaired) electrons. The van der Waals surface area contributed by atoms with Crippen LogP contribution in [0.5, 0.6) is 0 Å². The summed E-state index contributed by atoms with van der Waals surface area (Å²) in [6.07, 6.45) is 6.87. The van der Waals surface area contributed by atoms with E-state index < -0.39 is 16.7 Å². The summed E-state index contributed by atoms with van der Waals surface area (Å²) >= 11 is 0. The van der Waals surface area contributed by atoms with E-state index in [1.807, 2.05) is 6.92 Å². The summed E-state index contributed by atoms with van der Waals surface area (Å²) in [6, 6.07) is 0. The Morgan fingerprint density at radius 2 is 1.93 bits per heavy atom. The predicted octanol–water partition coefficient (Wildman–Crippen LogP) is 3.32. The Morgan fingerprint density at radius 1 is 1.19 bits per heavy atom.